The number of amides is 1. The average Bonchev–Trinajstić information content (AvgIpc) is 2.41. The summed E-state index contributed by atoms with van der Waals surface area (Å²) >= 11 is 0. The van der Waals surface area contributed by atoms with Gasteiger partial charge < -0.3 is 10.2 Å². The van der Waals surface area contributed by atoms with Crippen LogP contribution in [0.1, 0.15) is 25.7 Å². The Kier molecular flexibility index (Phi) is 4.07. The van der Waals surface area contributed by atoms with Gasteiger partial charge in [-0.15, -0.1) is 0 Å². The van der Waals surface area contributed by atoms with Gasteiger partial charge in [0, 0.05) is 12.7 Å². The molecule has 1 fully saturated rings. The van der Waals surface area contributed by atoms with E-state index in [-0.39, 0.29) is 18.5 Å². The number of nitriles is 1. The predicted molar refractivity (Wildman–Crippen MR) is 65.2 cm³/mol. The molecule has 6 nitrogen and oxygen atoms in total. The molecule has 18 heavy (non-hydrogen) atoms. The Balaban J connectivity index is 2.04. The van der Waals surface area contributed by atoms with Crippen LogP contribution in [0, 0.1) is 11.3 Å². The largest absolute Gasteiger partial charge is 0.350 e. The quantitative estimate of drug-likeness (QED) is 0.863. The van der Waals surface area contributed by atoms with E-state index in [2.05, 4.69) is 15.3 Å². The van der Waals surface area contributed by atoms with Crippen molar-refractivity contribution in [2.45, 2.75) is 31.8 Å². The van der Waals surface area contributed by atoms with E-state index in [4.69, 9.17) is 5.26 Å². The SMILES string of the molecule is N#CCC(=O)N1CCCCC1Nc1ccncn1. The number of piperidine rings is 1. The minimum absolute atomic E-state index is 0.0675. The fraction of sp³-hybridized carbons (Fsp3) is 0.500. The first kappa shape index (κ1) is 12.3. The highest BCUT2D eigenvalue weighted by Crippen LogP contribution is 2.19. The van der Waals surface area contributed by atoms with Gasteiger partial charge in [0.25, 0.3) is 0 Å². The van der Waals surface area contributed by atoms with Gasteiger partial charge in [-0.05, 0) is 25.3 Å². The lowest BCUT2D eigenvalue weighted by atomic mass is 10.1. The molecule has 2 rings (SSSR count). The van der Waals surface area contributed by atoms with E-state index in [0.717, 1.165) is 19.3 Å². The molecule has 1 atom stereocenters. The Labute approximate surface area is 106 Å². The number of likely N-dealkylation sites (tertiary alicyclic amines) is 1. The second-order valence-corrected chi connectivity index (χ2v) is 4.17. The molecule has 1 aromatic heterocycles. The molecule has 1 aliphatic heterocycles. The zero-order valence-electron chi connectivity index (χ0n) is 10.0. The molecule has 1 aliphatic rings. The van der Waals surface area contributed by atoms with E-state index >= 15 is 0 Å². The zero-order valence-corrected chi connectivity index (χ0v) is 10.0. The third-order valence-electron chi connectivity index (χ3n) is 2.95. The molecule has 0 radical (unpaired) electrons. The van der Waals surface area contributed by atoms with E-state index < -0.39 is 0 Å². The average molecular weight is 245 g/mol. The maximum atomic E-state index is 11.8. The van der Waals surface area contributed by atoms with Gasteiger partial charge in [0.15, 0.2) is 0 Å². The number of aromatic nitrogens is 2. The molecule has 6 heteroatoms. The summed E-state index contributed by atoms with van der Waals surface area (Å²) in [7, 11) is 0. The third-order valence-corrected chi connectivity index (χ3v) is 2.95. The minimum Gasteiger partial charge on any atom is -0.350 e. The van der Waals surface area contributed by atoms with Crippen molar-refractivity contribution >= 4 is 11.7 Å². The van der Waals surface area contributed by atoms with Crippen LogP contribution in [0.5, 0.6) is 0 Å². The predicted octanol–water partition coefficient (Wildman–Crippen LogP) is 1.14. The summed E-state index contributed by atoms with van der Waals surface area (Å²) in [5.41, 5.74) is 0. The molecule has 1 amide bonds. The molecule has 1 aromatic rings. The Morgan fingerprint density at radius 2 is 2.50 bits per heavy atom. The Morgan fingerprint density at radius 1 is 1.61 bits per heavy atom. The highest BCUT2D eigenvalue weighted by molar-refractivity contribution is 5.79. The molecule has 2 heterocycles. The third kappa shape index (κ3) is 2.94. The Bertz CT molecular complexity index is 442. The number of carbonyl (C=O) groups excluding carboxylic acids is 1. The molecule has 0 aliphatic carbocycles. The highest BCUT2D eigenvalue weighted by Gasteiger charge is 2.26. The van der Waals surface area contributed by atoms with Gasteiger partial charge in [0.1, 0.15) is 24.7 Å². The van der Waals surface area contributed by atoms with E-state index in [1.54, 1.807) is 17.2 Å². The summed E-state index contributed by atoms with van der Waals surface area (Å²) < 4.78 is 0. The summed E-state index contributed by atoms with van der Waals surface area (Å²) in [6.45, 7) is 0.698. The van der Waals surface area contributed by atoms with Crippen molar-refractivity contribution in [2.75, 3.05) is 11.9 Å². The van der Waals surface area contributed by atoms with Crippen molar-refractivity contribution in [2.24, 2.45) is 0 Å². The smallest absolute Gasteiger partial charge is 0.238 e. The van der Waals surface area contributed by atoms with Crippen LogP contribution < -0.4 is 5.32 Å². The molecule has 0 aromatic carbocycles. The molecule has 1 saturated heterocycles. The van der Waals surface area contributed by atoms with Crippen LogP contribution in [0.3, 0.4) is 0 Å². The van der Waals surface area contributed by atoms with E-state index in [0.29, 0.717) is 12.4 Å². The number of rotatable bonds is 3. The summed E-state index contributed by atoms with van der Waals surface area (Å²) in [6.07, 6.45) is 5.91. The highest BCUT2D eigenvalue weighted by atomic mass is 16.2. The van der Waals surface area contributed by atoms with Gasteiger partial charge in [-0.1, -0.05) is 0 Å². The lowest BCUT2D eigenvalue weighted by Crippen LogP contribution is -2.47. The normalized spacial score (nSPS) is 19.1. The van der Waals surface area contributed by atoms with Gasteiger partial charge in [-0.2, -0.15) is 5.26 Å². The van der Waals surface area contributed by atoms with Crippen LogP contribution in [0.4, 0.5) is 5.82 Å². The van der Waals surface area contributed by atoms with Crippen LogP contribution in [0.15, 0.2) is 18.6 Å². The van der Waals surface area contributed by atoms with Gasteiger partial charge in [0.2, 0.25) is 5.91 Å². The van der Waals surface area contributed by atoms with Crippen molar-refractivity contribution in [3.8, 4) is 6.07 Å². The number of nitrogens with one attached hydrogen (secondary N) is 1. The molecule has 1 unspecified atom stereocenters. The van der Waals surface area contributed by atoms with E-state index in [1.165, 1.54) is 6.33 Å². The van der Waals surface area contributed by atoms with Crippen molar-refractivity contribution < 1.29 is 4.79 Å². The number of hydrogen-bond donors (Lipinski definition) is 1. The number of hydrogen-bond acceptors (Lipinski definition) is 5. The van der Waals surface area contributed by atoms with Gasteiger partial charge >= 0.3 is 0 Å². The summed E-state index contributed by atoms with van der Waals surface area (Å²) in [5, 5.41) is 11.8. The second-order valence-electron chi connectivity index (χ2n) is 4.17. The van der Waals surface area contributed by atoms with E-state index in [1.807, 2.05) is 6.07 Å². The lowest BCUT2D eigenvalue weighted by molar-refractivity contribution is -0.133. The molecular formula is C12H15N5O. The first-order valence-electron chi connectivity index (χ1n) is 6.00. The van der Waals surface area contributed by atoms with Crippen LogP contribution in [0.25, 0.3) is 0 Å². The number of nitrogens with zero attached hydrogens (tertiary/aromatic N) is 4. The van der Waals surface area contributed by atoms with Crippen molar-refractivity contribution in [1.29, 1.82) is 5.26 Å². The fourth-order valence-corrected chi connectivity index (χ4v) is 2.10. The Morgan fingerprint density at radius 3 is 3.22 bits per heavy atom. The zero-order chi connectivity index (χ0) is 12.8. The first-order chi connectivity index (χ1) is 8.81. The van der Waals surface area contributed by atoms with Crippen LogP contribution in [-0.2, 0) is 4.79 Å². The van der Waals surface area contributed by atoms with Gasteiger partial charge in [-0.25, -0.2) is 9.97 Å². The van der Waals surface area contributed by atoms with Crippen molar-refractivity contribution in [3.63, 3.8) is 0 Å². The topological polar surface area (TPSA) is 81.9 Å². The van der Waals surface area contributed by atoms with E-state index in [9.17, 15) is 4.79 Å². The fourth-order valence-electron chi connectivity index (χ4n) is 2.10. The molecular weight excluding hydrogens is 230 g/mol. The maximum Gasteiger partial charge on any atom is 0.238 e. The van der Waals surface area contributed by atoms with Crippen molar-refractivity contribution in [3.05, 3.63) is 18.6 Å². The molecule has 1 N–H and O–H groups in total. The summed E-state index contributed by atoms with van der Waals surface area (Å²) in [6, 6.07) is 3.67. The minimum atomic E-state index is -0.122. The standard InChI is InChI=1S/C12H15N5O/c13-6-4-12(18)17-8-2-1-3-11(17)16-10-5-7-14-9-15-10/h5,7,9,11H,1-4,8H2,(H,14,15,16). The molecule has 0 saturated carbocycles. The molecule has 0 spiro atoms. The first-order valence-corrected chi connectivity index (χ1v) is 6.00. The van der Waals surface area contributed by atoms with Crippen molar-refractivity contribution in [1.82, 2.24) is 14.9 Å². The lowest BCUT2D eigenvalue weighted by Gasteiger charge is -2.36. The summed E-state index contributed by atoms with van der Waals surface area (Å²) in [4.78, 5) is 21.5. The van der Waals surface area contributed by atoms with Crippen LogP contribution >= 0.6 is 0 Å². The summed E-state index contributed by atoms with van der Waals surface area (Å²) in [5.74, 6) is 0.579. The number of carbonyl (C=O) groups is 1. The Hall–Kier alpha value is -2.16. The second kappa shape index (κ2) is 5.96. The molecule has 0 bridgehead atoms. The monoisotopic (exact) mass is 245 g/mol. The van der Waals surface area contributed by atoms with Crippen LogP contribution in [0.2, 0.25) is 0 Å². The number of anilines is 1. The van der Waals surface area contributed by atoms with Gasteiger partial charge in [-0.3, -0.25) is 4.79 Å². The van der Waals surface area contributed by atoms with Gasteiger partial charge in [0.05, 0.1) is 6.07 Å². The van der Waals surface area contributed by atoms with Crippen LogP contribution in [-0.4, -0.2) is 33.5 Å². The maximum absolute atomic E-state index is 11.8. The molecule has 94 valence electrons.